The van der Waals surface area contributed by atoms with E-state index in [4.69, 9.17) is 58.9 Å². The van der Waals surface area contributed by atoms with Crippen molar-refractivity contribution in [3.63, 3.8) is 0 Å². The zero-order chi connectivity index (χ0) is 107. The summed E-state index contributed by atoms with van der Waals surface area (Å²) in [5.74, 6) is 0.972. The van der Waals surface area contributed by atoms with Gasteiger partial charge in [-0.2, -0.15) is 39.5 Å². The van der Waals surface area contributed by atoms with Gasteiger partial charge in [0.2, 0.25) is 23.8 Å². The molecule has 0 spiro atoms. The highest BCUT2D eigenvalue weighted by molar-refractivity contribution is 5.96. The van der Waals surface area contributed by atoms with Crippen LogP contribution in [-0.4, -0.2) is 148 Å². The summed E-state index contributed by atoms with van der Waals surface area (Å²) >= 11 is 0. The van der Waals surface area contributed by atoms with E-state index in [0.717, 1.165) is 146 Å². The molecule has 149 heavy (non-hydrogen) atoms. The Bertz CT molecular complexity index is 6590. The zero-order valence-electron chi connectivity index (χ0n) is 86.6. The van der Waals surface area contributed by atoms with Gasteiger partial charge in [-0.1, -0.05) is 143 Å². The molecule has 0 atom stereocenters. The van der Waals surface area contributed by atoms with Crippen LogP contribution in [0.25, 0.3) is 33.4 Å². The van der Waals surface area contributed by atoms with Gasteiger partial charge in [-0.05, 0) is 277 Å². The molecule has 790 valence electrons. The topological polar surface area (TPSA) is 272 Å². The number of benzene rings is 9. The number of aliphatic carboxylic acids is 3. The molecule has 1 amide bonds. The van der Waals surface area contributed by atoms with Crippen LogP contribution in [0.15, 0.2) is 195 Å². The summed E-state index contributed by atoms with van der Waals surface area (Å²) < 4.78 is 154. The van der Waals surface area contributed by atoms with E-state index >= 15 is 0 Å². The summed E-state index contributed by atoms with van der Waals surface area (Å²) in [5, 5.41) is 27.0. The largest absolute Gasteiger partial charge is 0.494 e. The van der Waals surface area contributed by atoms with Gasteiger partial charge < -0.3 is 68.4 Å². The van der Waals surface area contributed by atoms with Crippen LogP contribution in [-0.2, 0) is 86.4 Å². The molecule has 0 radical (unpaired) electrons. The number of aromatic nitrogens is 6. The molecular formula is C116H131F9N12O12. The maximum atomic E-state index is 13.9. The lowest BCUT2D eigenvalue weighted by Crippen LogP contribution is -2.36. The Hall–Kier alpha value is -14.2. The Morgan fingerprint density at radius 3 is 1.11 bits per heavy atom. The molecular weight excluding hydrogens is 1920 g/mol. The maximum Gasteiger partial charge on any atom is 0.416 e. The van der Waals surface area contributed by atoms with Gasteiger partial charge in [0, 0.05) is 103 Å². The third-order valence-electron chi connectivity index (χ3n) is 26.3. The van der Waals surface area contributed by atoms with Gasteiger partial charge in [0.15, 0.2) is 5.75 Å². The number of nitrogens with zero attached hydrogens (tertiary/aromatic N) is 12. The van der Waals surface area contributed by atoms with Crippen molar-refractivity contribution in [3.05, 3.63) is 301 Å². The minimum absolute atomic E-state index is 0.00777. The van der Waals surface area contributed by atoms with Crippen LogP contribution >= 0.6 is 0 Å². The first-order valence-corrected chi connectivity index (χ1v) is 50.4. The molecule has 3 fully saturated rings. The standard InChI is InChI=1S/2C39H45F3N4O4.C38H41F3N4O4/c1-25(2)30-9-8-27(4)34(19-30)35-20-36(50-12-6-7-37(47)48)28(5)17-31(35)24-46(23-29-15-26(3)16-32(18-29)39(40,41)42)38-43-21-33(22-44-38)45-10-13-49-14-11-45;1-26(2)30-9-8-28(4)36(21-30)35-11-10-34(50-14-6-5-7-37(47)48)20-31(35)25-46(24-29-17-27(3)18-32(19-29)39(40,41)42)38-43-22-33(23-44-38)45-12-15-49-16-13-45;1-24(2)28-10-9-26(4)34(19-28)33-12-11-31(45-13-5-7-35(45)46)18-29(33)23-44(22-27-15-25(3)16-30(17-27)38(39,40)41)37-42-20-32(21-43-37)49-14-6-8-36(47)48/h8-9,15-22,25H,6-7,10-14,23-24H2,1-5H3,(H,47,48);8-11,17-23,26H,5-7,12-16,24-25H2,1-4H3,(H,47,48);9-12,15-21,24H,5-8,13-14,22-23H2,1-4H3,(H,47,48). The second kappa shape index (κ2) is 51.1. The fraction of sp³-hybridized carbons (Fsp3) is 0.397. The lowest BCUT2D eigenvalue weighted by Gasteiger charge is -2.29. The molecule has 0 unspecified atom stereocenters. The SMILES string of the molecule is Cc1cc(CN(Cc2cc(C)c(OCCCC(=O)O)cc2-c2cc(C(C)C)ccc2C)c2ncc(N3CCOCC3)cn2)cc(C(F)(F)F)c1.Cc1cc(CN(Cc2cc(N3CCCC3=O)ccc2-c2cc(C(C)C)ccc2C)c2ncc(OCCCC(=O)O)cn2)cc(C(F)(F)F)c1.Cc1cc(CN(Cc2cc(OCCCCC(=O)O)ccc2-c2cc(C(C)C)ccc2C)c2ncc(N3CCOCC3)cn2)cc(C(F)(F)F)c1. The molecule has 24 nitrogen and oxygen atoms in total. The fourth-order valence-corrected chi connectivity index (χ4v) is 18.3. The van der Waals surface area contributed by atoms with Gasteiger partial charge >= 0.3 is 36.4 Å². The van der Waals surface area contributed by atoms with Crippen LogP contribution in [0.4, 0.5) is 74.4 Å². The number of unbranched alkanes of at least 4 members (excludes halogenated alkanes) is 1. The van der Waals surface area contributed by atoms with Crippen molar-refractivity contribution in [2.45, 2.75) is 223 Å². The number of carboxylic acid groups (broad SMARTS) is 3. The Morgan fingerprint density at radius 2 is 0.725 bits per heavy atom. The van der Waals surface area contributed by atoms with Crippen LogP contribution in [0, 0.1) is 48.5 Å². The highest BCUT2D eigenvalue weighted by Gasteiger charge is 2.36. The first kappa shape index (κ1) is 112. The molecule has 3 saturated heterocycles. The Morgan fingerprint density at radius 1 is 0.362 bits per heavy atom. The van der Waals surface area contributed by atoms with Gasteiger partial charge in [-0.15, -0.1) is 0 Å². The summed E-state index contributed by atoms with van der Waals surface area (Å²) in [6.45, 7) is 33.7. The lowest BCUT2D eigenvalue weighted by molar-refractivity contribution is -0.138. The number of amides is 1. The molecule has 0 bridgehead atoms. The number of halogens is 9. The summed E-state index contributed by atoms with van der Waals surface area (Å²) in [7, 11) is 0. The number of carbonyl (C=O) groups excluding carboxylic acids is 1. The first-order chi connectivity index (χ1) is 70.9. The van der Waals surface area contributed by atoms with Crippen molar-refractivity contribution >= 4 is 58.7 Å². The van der Waals surface area contributed by atoms with Crippen molar-refractivity contribution < 1.29 is 97.7 Å². The van der Waals surface area contributed by atoms with E-state index in [1.807, 2.05) is 84.0 Å². The van der Waals surface area contributed by atoms with Crippen LogP contribution in [0.3, 0.4) is 0 Å². The lowest BCUT2D eigenvalue weighted by atomic mass is 9.90. The van der Waals surface area contributed by atoms with Gasteiger partial charge in [-0.25, -0.2) is 29.9 Å². The number of morpholine rings is 2. The van der Waals surface area contributed by atoms with Crippen molar-refractivity contribution in [2.75, 3.05) is 108 Å². The number of hydrogen-bond acceptors (Lipinski definition) is 20. The number of carboxylic acids is 3. The Labute approximate surface area is 864 Å². The number of anilines is 6. The van der Waals surface area contributed by atoms with Crippen molar-refractivity contribution in [3.8, 4) is 50.6 Å². The van der Waals surface area contributed by atoms with Gasteiger partial charge in [0.25, 0.3) is 0 Å². The van der Waals surface area contributed by atoms with Crippen LogP contribution in [0.2, 0.25) is 0 Å². The van der Waals surface area contributed by atoms with E-state index in [1.165, 1.54) is 41.2 Å². The normalized spacial score (nSPS) is 13.4. The third-order valence-corrected chi connectivity index (χ3v) is 26.3. The molecule has 3 aliphatic heterocycles. The summed E-state index contributed by atoms with van der Waals surface area (Å²) in [6, 6.07) is 47.3. The molecule has 9 aromatic carbocycles. The second-order valence-electron chi connectivity index (χ2n) is 39.2. The van der Waals surface area contributed by atoms with E-state index in [0.29, 0.717) is 153 Å². The van der Waals surface area contributed by atoms with Gasteiger partial charge in [0.05, 0.1) is 111 Å². The Balaban J connectivity index is 0.000000186. The average molecular weight is 2060 g/mol. The highest BCUT2D eigenvalue weighted by Crippen LogP contribution is 2.43. The summed E-state index contributed by atoms with van der Waals surface area (Å²) in [4.78, 5) is 85.4. The first-order valence-electron chi connectivity index (χ1n) is 50.4. The Kier molecular flexibility index (Phi) is 38.4. The molecule has 15 rings (SSSR count). The maximum absolute atomic E-state index is 13.9. The average Bonchev–Trinajstić information content (AvgIpc) is 1.46. The number of hydrogen-bond donors (Lipinski definition) is 3. The predicted octanol–water partition coefficient (Wildman–Crippen LogP) is 25.6. The predicted molar refractivity (Wildman–Crippen MR) is 561 cm³/mol. The minimum Gasteiger partial charge on any atom is -0.494 e. The van der Waals surface area contributed by atoms with E-state index in [9.17, 15) is 58.7 Å². The van der Waals surface area contributed by atoms with E-state index in [-0.39, 0.29) is 83.0 Å². The molecule has 0 aliphatic carbocycles. The number of alkyl halides is 9. The number of aryl methyl sites for hydroxylation is 7. The van der Waals surface area contributed by atoms with Crippen molar-refractivity contribution in [2.24, 2.45) is 0 Å². The van der Waals surface area contributed by atoms with Crippen LogP contribution < -0.4 is 43.6 Å². The minimum atomic E-state index is -4.51. The third kappa shape index (κ3) is 31.7. The molecule has 3 aromatic heterocycles. The molecule has 3 aliphatic rings. The van der Waals surface area contributed by atoms with Crippen LogP contribution in [0.1, 0.15) is 223 Å². The quantitative estimate of drug-likeness (QED) is 0.0238. The highest BCUT2D eigenvalue weighted by atomic mass is 19.4. The zero-order valence-corrected chi connectivity index (χ0v) is 86.6. The molecule has 0 saturated carbocycles. The number of rotatable bonds is 40. The molecule has 33 heteroatoms. The van der Waals surface area contributed by atoms with E-state index < -0.39 is 53.1 Å². The smallest absolute Gasteiger partial charge is 0.416 e. The summed E-state index contributed by atoms with van der Waals surface area (Å²) in [5.41, 5.74) is 19.5. The van der Waals surface area contributed by atoms with E-state index in [2.05, 4.69) is 123 Å². The monoisotopic (exact) mass is 2050 g/mol. The number of ether oxygens (including phenoxy) is 5. The van der Waals surface area contributed by atoms with Crippen LogP contribution in [0.5, 0.6) is 17.2 Å². The molecule has 6 heterocycles. The van der Waals surface area contributed by atoms with Crippen molar-refractivity contribution in [1.82, 2.24) is 29.9 Å². The second-order valence-corrected chi connectivity index (χ2v) is 39.2. The van der Waals surface area contributed by atoms with E-state index in [1.54, 1.807) is 68.7 Å². The van der Waals surface area contributed by atoms with Gasteiger partial charge in [0.1, 0.15) is 11.5 Å². The van der Waals surface area contributed by atoms with Gasteiger partial charge in [-0.3, -0.25) is 19.2 Å². The summed E-state index contributed by atoms with van der Waals surface area (Å²) in [6.07, 6.45) is -0.420. The van der Waals surface area contributed by atoms with Crippen molar-refractivity contribution in [1.29, 1.82) is 0 Å². The number of carbonyl (C=O) groups is 4. The fourth-order valence-electron chi connectivity index (χ4n) is 18.3. The molecule has 12 aromatic rings. The molecule has 3 N–H and O–H groups in total.